The molecule has 0 bridgehead atoms. The van der Waals surface area contributed by atoms with Gasteiger partial charge in [-0.2, -0.15) is 0 Å². The van der Waals surface area contributed by atoms with Crippen LogP contribution in [0.3, 0.4) is 0 Å². The van der Waals surface area contributed by atoms with Crippen LogP contribution in [-0.2, 0) is 0 Å². The third-order valence-corrected chi connectivity index (χ3v) is 3.38. The van der Waals surface area contributed by atoms with Crippen LogP contribution < -0.4 is 20.7 Å². The molecule has 0 aliphatic heterocycles. The fourth-order valence-electron chi connectivity index (χ4n) is 2.08. The normalized spacial score (nSPS) is 10.2. The minimum Gasteiger partial charge on any atom is -0.491 e. The zero-order chi connectivity index (χ0) is 16.8. The number of anilines is 3. The lowest BCUT2D eigenvalue weighted by Gasteiger charge is -2.13. The number of hydrogen-bond acceptors (Lipinski definition) is 4. The number of ether oxygens (including phenoxy) is 1. The molecule has 0 spiro atoms. The number of carbonyl (C=O) groups excluding carboxylic acids is 1. The van der Waals surface area contributed by atoms with E-state index in [1.807, 2.05) is 50.2 Å². The lowest BCUT2D eigenvalue weighted by Crippen LogP contribution is -2.13. The maximum Gasteiger partial charge on any atom is 0.255 e. The monoisotopic (exact) mass is 313 g/mol. The van der Waals surface area contributed by atoms with Gasteiger partial charge in [0.1, 0.15) is 5.75 Å². The summed E-state index contributed by atoms with van der Waals surface area (Å²) in [6, 6.07) is 12.7. The summed E-state index contributed by atoms with van der Waals surface area (Å²) in [6.45, 7) is 2.63. The summed E-state index contributed by atoms with van der Waals surface area (Å²) in [7, 11) is 3.94. The van der Waals surface area contributed by atoms with Crippen LogP contribution in [0.2, 0.25) is 0 Å². The van der Waals surface area contributed by atoms with E-state index in [-0.39, 0.29) is 5.91 Å². The van der Waals surface area contributed by atoms with Gasteiger partial charge in [-0.05, 0) is 48.9 Å². The van der Waals surface area contributed by atoms with Crippen molar-refractivity contribution in [3.63, 3.8) is 0 Å². The molecule has 0 atom stereocenters. The van der Waals surface area contributed by atoms with E-state index in [1.54, 1.807) is 18.2 Å². The summed E-state index contributed by atoms with van der Waals surface area (Å²) in [4.78, 5) is 14.3. The fourth-order valence-corrected chi connectivity index (χ4v) is 2.08. The molecule has 0 saturated carbocycles. The summed E-state index contributed by atoms with van der Waals surface area (Å²) >= 11 is 0. The highest BCUT2D eigenvalue weighted by atomic mass is 16.5. The molecule has 0 heterocycles. The lowest BCUT2D eigenvalue weighted by molar-refractivity contribution is 0.102. The van der Waals surface area contributed by atoms with Crippen molar-refractivity contribution >= 4 is 23.0 Å². The molecule has 3 N–H and O–H groups in total. The molecule has 0 aliphatic carbocycles. The molecule has 5 nitrogen and oxygen atoms in total. The first-order valence-corrected chi connectivity index (χ1v) is 7.62. The van der Waals surface area contributed by atoms with Gasteiger partial charge >= 0.3 is 0 Å². The van der Waals surface area contributed by atoms with Gasteiger partial charge in [0.2, 0.25) is 0 Å². The second-order valence-electron chi connectivity index (χ2n) is 5.50. The van der Waals surface area contributed by atoms with Gasteiger partial charge in [0.15, 0.2) is 0 Å². The number of rotatable bonds is 6. The molecule has 2 aromatic rings. The molecular formula is C18H23N3O2. The first-order valence-electron chi connectivity index (χ1n) is 7.62. The molecular weight excluding hydrogens is 290 g/mol. The summed E-state index contributed by atoms with van der Waals surface area (Å²) in [5, 5.41) is 2.86. The topological polar surface area (TPSA) is 67.6 Å². The molecule has 0 radical (unpaired) electrons. The van der Waals surface area contributed by atoms with Crippen LogP contribution in [-0.4, -0.2) is 26.6 Å². The molecule has 0 aromatic heterocycles. The minimum absolute atomic E-state index is 0.198. The largest absolute Gasteiger partial charge is 0.491 e. The van der Waals surface area contributed by atoms with Crippen molar-refractivity contribution in [2.45, 2.75) is 13.3 Å². The lowest BCUT2D eigenvalue weighted by atomic mass is 10.1. The van der Waals surface area contributed by atoms with Crippen molar-refractivity contribution in [2.24, 2.45) is 0 Å². The summed E-state index contributed by atoms with van der Waals surface area (Å²) in [6.07, 6.45) is 0.907. The summed E-state index contributed by atoms with van der Waals surface area (Å²) in [5.41, 5.74) is 8.72. The van der Waals surface area contributed by atoms with Gasteiger partial charge in [0.25, 0.3) is 5.91 Å². The standard InChI is InChI=1S/C18H23N3O2/c1-4-11-23-17-10-5-13(12-16(17)19)18(22)20-14-6-8-15(9-7-14)21(2)3/h5-10,12H,4,11,19H2,1-3H3,(H,20,22). The summed E-state index contributed by atoms with van der Waals surface area (Å²) in [5.74, 6) is 0.412. The SMILES string of the molecule is CCCOc1ccc(C(=O)Nc2ccc(N(C)C)cc2)cc1N. The Labute approximate surface area is 137 Å². The second-order valence-corrected chi connectivity index (χ2v) is 5.50. The van der Waals surface area contributed by atoms with Crippen molar-refractivity contribution in [1.29, 1.82) is 0 Å². The van der Waals surface area contributed by atoms with Crippen LogP contribution in [0.5, 0.6) is 5.75 Å². The number of nitrogens with zero attached hydrogens (tertiary/aromatic N) is 1. The maximum absolute atomic E-state index is 12.3. The quantitative estimate of drug-likeness (QED) is 0.802. The van der Waals surface area contributed by atoms with Gasteiger partial charge in [-0.15, -0.1) is 0 Å². The van der Waals surface area contributed by atoms with Crippen molar-refractivity contribution in [3.05, 3.63) is 48.0 Å². The third kappa shape index (κ3) is 4.39. The van der Waals surface area contributed by atoms with Crippen LogP contribution in [0.4, 0.5) is 17.1 Å². The summed E-state index contributed by atoms with van der Waals surface area (Å²) < 4.78 is 5.51. The number of hydrogen-bond donors (Lipinski definition) is 2. The van der Waals surface area contributed by atoms with E-state index in [1.165, 1.54) is 0 Å². The predicted octanol–water partition coefficient (Wildman–Crippen LogP) is 3.38. The Balaban J connectivity index is 2.06. The van der Waals surface area contributed by atoms with Gasteiger partial charge in [0.05, 0.1) is 12.3 Å². The number of nitrogens with two attached hydrogens (primary N) is 1. The zero-order valence-corrected chi connectivity index (χ0v) is 13.8. The van der Waals surface area contributed by atoms with Crippen molar-refractivity contribution in [1.82, 2.24) is 0 Å². The third-order valence-electron chi connectivity index (χ3n) is 3.38. The molecule has 0 saturated heterocycles. The highest BCUT2D eigenvalue weighted by molar-refractivity contribution is 6.05. The van der Waals surface area contributed by atoms with Crippen molar-refractivity contribution < 1.29 is 9.53 Å². The zero-order valence-electron chi connectivity index (χ0n) is 13.8. The maximum atomic E-state index is 12.3. The van der Waals surface area contributed by atoms with Crippen LogP contribution in [0.1, 0.15) is 23.7 Å². The van der Waals surface area contributed by atoms with Crippen molar-refractivity contribution in [2.75, 3.05) is 36.7 Å². The molecule has 0 aliphatic rings. The average Bonchev–Trinajstić information content (AvgIpc) is 2.54. The Morgan fingerprint density at radius 1 is 1.17 bits per heavy atom. The molecule has 0 fully saturated rings. The predicted molar refractivity (Wildman–Crippen MR) is 95.4 cm³/mol. The van der Waals surface area contributed by atoms with E-state index in [0.29, 0.717) is 23.6 Å². The Hall–Kier alpha value is -2.69. The second kappa shape index (κ2) is 7.54. The van der Waals surface area contributed by atoms with E-state index >= 15 is 0 Å². The minimum atomic E-state index is -0.198. The molecule has 0 unspecified atom stereocenters. The van der Waals surface area contributed by atoms with Crippen LogP contribution >= 0.6 is 0 Å². The molecule has 2 rings (SSSR count). The van der Waals surface area contributed by atoms with E-state index in [2.05, 4.69) is 5.32 Å². The van der Waals surface area contributed by atoms with Gasteiger partial charge < -0.3 is 20.7 Å². The highest BCUT2D eigenvalue weighted by Crippen LogP contribution is 2.23. The van der Waals surface area contributed by atoms with Gasteiger partial charge in [-0.3, -0.25) is 4.79 Å². The van der Waals surface area contributed by atoms with E-state index in [4.69, 9.17) is 10.5 Å². The average molecular weight is 313 g/mol. The molecule has 1 amide bonds. The van der Waals surface area contributed by atoms with E-state index < -0.39 is 0 Å². The Morgan fingerprint density at radius 3 is 2.43 bits per heavy atom. The molecule has 23 heavy (non-hydrogen) atoms. The van der Waals surface area contributed by atoms with Crippen LogP contribution in [0.25, 0.3) is 0 Å². The van der Waals surface area contributed by atoms with Crippen LogP contribution in [0, 0.1) is 0 Å². The Kier molecular flexibility index (Phi) is 5.46. The first-order chi connectivity index (χ1) is 11.0. The van der Waals surface area contributed by atoms with Gasteiger partial charge in [-0.1, -0.05) is 6.92 Å². The highest BCUT2D eigenvalue weighted by Gasteiger charge is 2.09. The van der Waals surface area contributed by atoms with E-state index in [9.17, 15) is 4.79 Å². The molecule has 5 heteroatoms. The number of nitrogens with one attached hydrogen (secondary N) is 1. The number of nitrogen functional groups attached to an aromatic ring is 1. The molecule has 122 valence electrons. The van der Waals surface area contributed by atoms with E-state index in [0.717, 1.165) is 17.8 Å². The Morgan fingerprint density at radius 2 is 1.87 bits per heavy atom. The molecule has 2 aromatic carbocycles. The number of amides is 1. The van der Waals surface area contributed by atoms with Gasteiger partial charge in [-0.25, -0.2) is 0 Å². The first kappa shape index (κ1) is 16.7. The van der Waals surface area contributed by atoms with Crippen LogP contribution in [0.15, 0.2) is 42.5 Å². The number of benzene rings is 2. The Bertz CT molecular complexity index is 666. The van der Waals surface area contributed by atoms with Crippen molar-refractivity contribution in [3.8, 4) is 5.75 Å². The number of carbonyl (C=O) groups is 1. The van der Waals surface area contributed by atoms with Gasteiger partial charge in [0, 0.05) is 31.0 Å². The fraction of sp³-hybridized carbons (Fsp3) is 0.278. The smallest absolute Gasteiger partial charge is 0.255 e.